The maximum Gasteiger partial charge on any atom is 0.341 e. The van der Waals surface area contributed by atoms with Crippen molar-refractivity contribution in [1.82, 2.24) is 5.32 Å². The Hall–Kier alpha value is -2.11. The van der Waals surface area contributed by atoms with Gasteiger partial charge in [0, 0.05) is 12.1 Å². The standard InChI is InChI=1S/C19H26FNO4/c1-11-6-5-7-17(12(11)2)21-18(22)13(3)25-19(23)15-9-8-14(24-4)10-16(15)20/h8-13,17H,5-7H2,1-4H3,(H,21,22)/t11-,12-,13-,17-/m1/s1. The molecule has 0 spiro atoms. The summed E-state index contributed by atoms with van der Waals surface area (Å²) < 4.78 is 23.9. The molecule has 0 bridgehead atoms. The second-order valence-electron chi connectivity index (χ2n) is 6.78. The molecule has 1 saturated carbocycles. The molecule has 1 aliphatic carbocycles. The smallest absolute Gasteiger partial charge is 0.341 e. The molecule has 1 aliphatic rings. The summed E-state index contributed by atoms with van der Waals surface area (Å²) >= 11 is 0. The Morgan fingerprint density at radius 3 is 2.64 bits per heavy atom. The average Bonchev–Trinajstić information content (AvgIpc) is 2.58. The average molecular weight is 351 g/mol. The molecular formula is C19H26FNO4. The molecule has 0 aromatic heterocycles. The number of carbonyl (C=O) groups excluding carboxylic acids is 2. The number of hydrogen-bond acceptors (Lipinski definition) is 4. The van der Waals surface area contributed by atoms with E-state index in [1.807, 2.05) is 0 Å². The highest BCUT2D eigenvalue weighted by Crippen LogP contribution is 2.29. The summed E-state index contributed by atoms with van der Waals surface area (Å²) in [5.74, 6) is -0.738. The second-order valence-corrected chi connectivity index (χ2v) is 6.78. The highest BCUT2D eigenvalue weighted by molar-refractivity contribution is 5.92. The number of carbonyl (C=O) groups is 2. The zero-order valence-corrected chi connectivity index (χ0v) is 15.2. The molecule has 1 fully saturated rings. The molecule has 138 valence electrons. The number of hydrogen-bond donors (Lipinski definition) is 1. The van der Waals surface area contributed by atoms with Crippen molar-refractivity contribution in [2.24, 2.45) is 11.8 Å². The van der Waals surface area contributed by atoms with E-state index in [4.69, 9.17) is 9.47 Å². The summed E-state index contributed by atoms with van der Waals surface area (Å²) in [5, 5.41) is 2.96. The molecule has 1 amide bonds. The molecule has 5 nitrogen and oxygen atoms in total. The Morgan fingerprint density at radius 2 is 2.00 bits per heavy atom. The summed E-state index contributed by atoms with van der Waals surface area (Å²) in [6.07, 6.45) is 2.17. The number of methoxy groups -OCH3 is 1. The molecule has 1 N–H and O–H groups in total. The molecule has 6 heteroatoms. The summed E-state index contributed by atoms with van der Waals surface area (Å²) in [6, 6.07) is 3.93. The molecule has 0 aliphatic heterocycles. The molecule has 2 rings (SSSR count). The predicted octanol–water partition coefficient (Wildman–Crippen LogP) is 3.32. The van der Waals surface area contributed by atoms with E-state index in [0.29, 0.717) is 17.6 Å². The minimum absolute atomic E-state index is 0.0788. The fraction of sp³-hybridized carbons (Fsp3) is 0.579. The van der Waals surface area contributed by atoms with Crippen molar-refractivity contribution in [3.8, 4) is 5.75 Å². The van der Waals surface area contributed by atoms with Crippen LogP contribution in [-0.4, -0.2) is 31.1 Å². The van der Waals surface area contributed by atoms with E-state index in [1.165, 1.54) is 26.2 Å². The van der Waals surface area contributed by atoms with Crippen molar-refractivity contribution in [3.63, 3.8) is 0 Å². The van der Waals surface area contributed by atoms with Crippen molar-refractivity contribution in [1.29, 1.82) is 0 Å². The van der Waals surface area contributed by atoms with Crippen LogP contribution >= 0.6 is 0 Å². The van der Waals surface area contributed by atoms with E-state index in [-0.39, 0.29) is 17.5 Å². The van der Waals surface area contributed by atoms with Gasteiger partial charge in [-0.05, 0) is 37.3 Å². The van der Waals surface area contributed by atoms with Gasteiger partial charge in [0.25, 0.3) is 5.91 Å². The molecule has 1 aromatic rings. The molecule has 0 unspecified atom stereocenters. The van der Waals surface area contributed by atoms with Gasteiger partial charge in [-0.3, -0.25) is 4.79 Å². The Balaban J connectivity index is 1.95. The Kier molecular flexibility index (Phi) is 6.39. The van der Waals surface area contributed by atoms with Crippen LogP contribution in [0.4, 0.5) is 4.39 Å². The second kappa shape index (κ2) is 8.32. The Morgan fingerprint density at radius 1 is 1.28 bits per heavy atom. The van der Waals surface area contributed by atoms with Crippen LogP contribution in [0.15, 0.2) is 18.2 Å². The lowest BCUT2D eigenvalue weighted by Gasteiger charge is -2.35. The Labute approximate surface area is 147 Å². The Bertz CT molecular complexity index is 634. The monoisotopic (exact) mass is 351 g/mol. The van der Waals surface area contributed by atoms with Gasteiger partial charge in [-0.25, -0.2) is 9.18 Å². The van der Waals surface area contributed by atoms with Gasteiger partial charge >= 0.3 is 5.97 Å². The van der Waals surface area contributed by atoms with Crippen LogP contribution in [0.5, 0.6) is 5.75 Å². The first-order valence-electron chi connectivity index (χ1n) is 8.68. The first-order valence-corrected chi connectivity index (χ1v) is 8.68. The zero-order valence-electron chi connectivity index (χ0n) is 15.2. The summed E-state index contributed by atoms with van der Waals surface area (Å²) in [7, 11) is 1.41. The van der Waals surface area contributed by atoms with Gasteiger partial charge in [0.1, 0.15) is 11.6 Å². The molecule has 0 heterocycles. The normalized spacial score (nSPS) is 24.3. The lowest BCUT2D eigenvalue weighted by molar-refractivity contribution is -0.130. The SMILES string of the molecule is COc1ccc(C(=O)O[C@H](C)C(=O)N[C@@H]2CCC[C@@H](C)[C@H]2C)c(F)c1. The van der Waals surface area contributed by atoms with Crippen molar-refractivity contribution in [3.05, 3.63) is 29.6 Å². The number of amides is 1. The third-order valence-corrected chi connectivity index (χ3v) is 5.08. The van der Waals surface area contributed by atoms with Crippen molar-refractivity contribution >= 4 is 11.9 Å². The number of rotatable bonds is 5. The number of halogens is 1. The van der Waals surface area contributed by atoms with Gasteiger partial charge in [-0.2, -0.15) is 0 Å². The quantitative estimate of drug-likeness (QED) is 0.827. The lowest BCUT2D eigenvalue weighted by Crippen LogP contribution is -2.47. The maximum atomic E-state index is 13.9. The highest BCUT2D eigenvalue weighted by Gasteiger charge is 2.30. The van der Waals surface area contributed by atoms with E-state index < -0.39 is 17.9 Å². The fourth-order valence-electron chi connectivity index (χ4n) is 3.15. The van der Waals surface area contributed by atoms with Crippen LogP contribution < -0.4 is 10.1 Å². The van der Waals surface area contributed by atoms with Crippen LogP contribution in [0.1, 0.15) is 50.4 Å². The van der Waals surface area contributed by atoms with E-state index in [0.717, 1.165) is 25.3 Å². The molecule has 4 atom stereocenters. The highest BCUT2D eigenvalue weighted by atomic mass is 19.1. The molecule has 25 heavy (non-hydrogen) atoms. The van der Waals surface area contributed by atoms with Crippen molar-refractivity contribution in [2.75, 3.05) is 7.11 Å². The van der Waals surface area contributed by atoms with E-state index in [1.54, 1.807) is 0 Å². The number of esters is 1. The predicted molar refractivity (Wildman–Crippen MR) is 91.9 cm³/mol. The van der Waals surface area contributed by atoms with Gasteiger partial charge in [0.15, 0.2) is 6.10 Å². The third-order valence-electron chi connectivity index (χ3n) is 5.08. The molecular weight excluding hydrogens is 325 g/mol. The first kappa shape index (κ1) is 19.2. The number of ether oxygens (including phenoxy) is 2. The topological polar surface area (TPSA) is 64.6 Å². The van der Waals surface area contributed by atoms with Gasteiger partial charge in [-0.1, -0.05) is 26.7 Å². The van der Waals surface area contributed by atoms with Gasteiger partial charge in [0.05, 0.1) is 12.7 Å². The van der Waals surface area contributed by atoms with E-state index >= 15 is 0 Å². The third kappa shape index (κ3) is 4.71. The lowest BCUT2D eigenvalue weighted by atomic mass is 9.78. The van der Waals surface area contributed by atoms with Crippen LogP contribution in [0, 0.1) is 17.7 Å². The molecule has 0 saturated heterocycles. The zero-order chi connectivity index (χ0) is 18.6. The summed E-state index contributed by atoms with van der Waals surface area (Å²) in [6.45, 7) is 5.79. The van der Waals surface area contributed by atoms with Crippen LogP contribution in [0.25, 0.3) is 0 Å². The largest absolute Gasteiger partial charge is 0.497 e. The minimum Gasteiger partial charge on any atom is -0.497 e. The fourth-order valence-corrected chi connectivity index (χ4v) is 3.15. The minimum atomic E-state index is -0.988. The molecule has 0 radical (unpaired) electrons. The summed E-state index contributed by atoms with van der Waals surface area (Å²) in [4.78, 5) is 24.4. The maximum absolute atomic E-state index is 13.9. The van der Waals surface area contributed by atoms with Gasteiger partial charge in [0.2, 0.25) is 0 Å². The first-order chi connectivity index (χ1) is 11.8. The van der Waals surface area contributed by atoms with E-state index in [2.05, 4.69) is 19.2 Å². The van der Waals surface area contributed by atoms with Crippen molar-refractivity contribution < 1.29 is 23.5 Å². The number of nitrogens with one attached hydrogen (secondary N) is 1. The van der Waals surface area contributed by atoms with Crippen LogP contribution in [0.3, 0.4) is 0 Å². The van der Waals surface area contributed by atoms with Crippen molar-refractivity contribution in [2.45, 2.75) is 52.2 Å². The molecule has 1 aromatic carbocycles. The number of benzene rings is 1. The summed E-state index contributed by atoms with van der Waals surface area (Å²) in [5.41, 5.74) is -0.222. The van der Waals surface area contributed by atoms with Gasteiger partial charge < -0.3 is 14.8 Å². The van der Waals surface area contributed by atoms with Crippen LogP contribution in [0.2, 0.25) is 0 Å². The van der Waals surface area contributed by atoms with Crippen LogP contribution in [-0.2, 0) is 9.53 Å². The van der Waals surface area contributed by atoms with Gasteiger partial charge in [-0.15, -0.1) is 0 Å². The van der Waals surface area contributed by atoms with E-state index in [9.17, 15) is 14.0 Å².